The number of ether oxygens (including phenoxy) is 1. The quantitative estimate of drug-likeness (QED) is 0.839. The van der Waals surface area contributed by atoms with Crippen molar-refractivity contribution in [3.63, 3.8) is 0 Å². The smallest absolute Gasteiger partial charge is 0.387 e. The Bertz CT molecular complexity index is 431. The lowest BCUT2D eigenvalue weighted by atomic mass is 9.85. The monoisotopic (exact) mass is 299 g/mol. The maximum Gasteiger partial charge on any atom is 0.387 e. The molecule has 1 N–H and O–H groups in total. The van der Waals surface area contributed by atoms with E-state index in [2.05, 4.69) is 34.0 Å². The van der Waals surface area contributed by atoms with Crippen LogP contribution in [0.2, 0.25) is 0 Å². The van der Waals surface area contributed by atoms with E-state index in [1.807, 2.05) is 0 Å². The largest absolute Gasteiger partial charge is 0.433 e. The van der Waals surface area contributed by atoms with Crippen LogP contribution >= 0.6 is 0 Å². The van der Waals surface area contributed by atoms with Gasteiger partial charge in [-0.15, -0.1) is 0 Å². The number of nitrogens with zero attached hydrogens (tertiary/aromatic N) is 2. The highest BCUT2D eigenvalue weighted by Crippen LogP contribution is 2.38. The molecule has 0 aromatic carbocycles. The van der Waals surface area contributed by atoms with Crippen LogP contribution < -0.4 is 10.1 Å². The van der Waals surface area contributed by atoms with Gasteiger partial charge < -0.3 is 15.0 Å². The third-order valence-corrected chi connectivity index (χ3v) is 3.92. The molecule has 1 saturated carbocycles. The summed E-state index contributed by atoms with van der Waals surface area (Å²) in [4.78, 5) is 6.34. The lowest BCUT2D eigenvalue weighted by molar-refractivity contribution is -0.0500. The number of nitrogens with one attached hydrogen (secondary N) is 1. The number of halogens is 2. The fourth-order valence-corrected chi connectivity index (χ4v) is 3.12. The molecule has 1 aromatic rings. The van der Waals surface area contributed by atoms with Crippen LogP contribution in [0.15, 0.2) is 18.3 Å². The maximum atomic E-state index is 12.1. The van der Waals surface area contributed by atoms with Crippen molar-refractivity contribution >= 4 is 5.82 Å². The second-order valence-electron chi connectivity index (χ2n) is 6.06. The van der Waals surface area contributed by atoms with Gasteiger partial charge in [0.15, 0.2) is 0 Å². The predicted octanol–water partition coefficient (Wildman–Crippen LogP) is 3.22. The third-order valence-electron chi connectivity index (χ3n) is 3.92. The molecular formula is C15H23F2N3O. The fraction of sp³-hybridized carbons (Fsp3) is 0.667. The van der Waals surface area contributed by atoms with Gasteiger partial charge in [0.05, 0.1) is 6.20 Å². The molecule has 0 amide bonds. The second-order valence-corrected chi connectivity index (χ2v) is 6.06. The van der Waals surface area contributed by atoms with Crippen molar-refractivity contribution < 1.29 is 13.5 Å². The molecule has 4 nitrogen and oxygen atoms in total. The molecule has 6 heteroatoms. The summed E-state index contributed by atoms with van der Waals surface area (Å²) < 4.78 is 28.4. The number of pyridine rings is 1. The summed E-state index contributed by atoms with van der Waals surface area (Å²) in [5.74, 6) is 0.779. The van der Waals surface area contributed by atoms with Crippen LogP contribution in [-0.2, 0) is 0 Å². The number of hydrogen-bond acceptors (Lipinski definition) is 4. The van der Waals surface area contributed by atoms with Crippen LogP contribution in [0.5, 0.6) is 5.75 Å². The average Bonchev–Trinajstić information content (AvgIpc) is 2.85. The Labute approximate surface area is 124 Å². The van der Waals surface area contributed by atoms with Crippen molar-refractivity contribution in [2.24, 2.45) is 5.41 Å². The molecule has 21 heavy (non-hydrogen) atoms. The standard InChI is InChI=1S/C15H23F2N3O/c1-20(2)11-15(7-3-4-8-15)10-19-13-6-5-12(9-18-13)21-14(16)17/h5-6,9,14H,3-4,7-8,10-11H2,1-2H3,(H,18,19). The number of anilines is 1. The molecule has 0 bridgehead atoms. The first-order chi connectivity index (χ1) is 9.99. The van der Waals surface area contributed by atoms with E-state index in [0.29, 0.717) is 5.82 Å². The maximum absolute atomic E-state index is 12.1. The third kappa shape index (κ3) is 4.81. The zero-order chi connectivity index (χ0) is 15.3. The number of hydrogen-bond donors (Lipinski definition) is 1. The lowest BCUT2D eigenvalue weighted by Gasteiger charge is -2.32. The summed E-state index contributed by atoms with van der Waals surface area (Å²) in [6.07, 6.45) is 6.28. The van der Waals surface area contributed by atoms with E-state index in [-0.39, 0.29) is 11.2 Å². The van der Waals surface area contributed by atoms with Gasteiger partial charge in [0, 0.05) is 18.5 Å². The Morgan fingerprint density at radius 1 is 1.33 bits per heavy atom. The van der Waals surface area contributed by atoms with Crippen LogP contribution in [-0.4, -0.2) is 43.7 Å². The van der Waals surface area contributed by atoms with Gasteiger partial charge in [0.2, 0.25) is 0 Å². The Morgan fingerprint density at radius 3 is 2.57 bits per heavy atom. The van der Waals surface area contributed by atoms with Crippen molar-refractivity contribution in [1.82, 2.24) is 9.88 Å². The molecule has 1 aromatic heterocycles. The predicted molar refractivity (Wildman–Crippen MR) is 78.8 cm³/mol. The van der Waals surface area contributed by atoms with E-state index < -0.39 is 6.61 Å². The second kappa shape index (κ2) is 7.02. The molecule has 0 radical (unpaired) electrons. The molecule has 0 saturated heterocycles. The number of alkyl halides is 2. The number of aromatic nitrogens is 1. The summed E-state index contributed by atoms with van der Waals surface area (Å²) in [5.41, 5.74) is 0.281. The molecule has 0 aliphatic heterocycles. The molecule has 1 aliphatic carbocycles. The van der Waals surface area contributed by atoms with E-state index in [0.717, 1.165) is 13.1 Å². The first-order valence-electron chi connectivity index (χ1n) is 7.29. The summed E-state index contributed by atoms with van der Waals surface area (Å²) in [5, 5.41) is 3.33. The topological polar surface area (TPSA) is 37.4 Å². The van der Waals surface area contributed by atoms with Gasteiger partial charge >= 0.3 is 6.61 Å². The van der Waals surface area contributed by atoms with Crippen LogP contribution in [0.1, 0.15) is 25.7 Å². The SMILES string of the molecule is CN(C)CC1(CNc2ccc(OC(F)F)cn2)CCCC1. The van der Waals surface area contributed by atoms with Gasteiger partial charge in [0.25, 0.3) is 0 Å². The van der Waals surface area contributed by atoms with Crippen molar-refractivity contribution in [2.75, 3.05) is 32.5 Å². The molecule has 1 heterocycles. The van der Waals surface area contributed by atoms with E-state index in [1.165, 1.54) is 37.9 Å². The molecule has 118 valence electrons. The van der Waals surface area contributed by atoms with Gasteiger partial charge in [0.1, 0.15) is 11.6 Å². The molecule has 0 atom stereocenters. The molecular weight excluding hydrogens is 276 g/mol. The van der Waals surface area contributed by atoms with Crippen LogP contribution in [0.25, 0.3) is 0 Å². The van der Waals surface area contributed by atoms with Crippen molar-refractivity contribution in [2.45, 2.75) is 32.3 Å². The lowest BCUT2D eigenvalue weighted by Crippen LogP contribution is -2.37. The molecule has 1 aliphatic rings. The Balaban J connectivity index is 1.91. The highest BCUT2D eigenvalue weighted by atomic mass is 19.3. The molecule has 0 spiro atoms. The van der Waals surface area contributed by atoms with Crippen molar-refractivity contribution in [1.29, 1.82) is 0 Å². The average molecular weight is 299 g/mol. The highest BCUT2D eigenvalue weighted by molar-refractivity contribution is 5.37. The summed E-state index contributed by atoms with van der Waals surface area (Å²) >= 11 is 0. The van der Waals surface area contributed by atoms with Crippen LogP contribution in [0, 0.1) is 5.41 Å². The van der Waals surface area contributed by atoms with Crippen LogP contribution in [0.4, 0.5) is 14.6 Å². The summed E-state index contributed by atoms with van der Waals surface area (Å²) in [6.45, 7) is -0.910. The minimum Gasteiger partial charge on any atom is -0.433 e. The fourth-order valence-electron chi connectivity index (χ4n) is 3.12. The van der Waals surface area contributed by atoms with E-state index >= 15 is 0 Å². The van der Waals surface area contributed by atoms with Gasteiger partial charge in [-0.1, -0.05) is 12.8 Å². The minimum atomic E-state index is -2.81. The van der Waals surface area contributed by atoms with Gasteiger partial charge in [-0.3, -0.25) is 0 Å². The Kier molecular flexibility index (Phi) is 5.33. The zero-order valence-corrected chi connectivity index (χ0v) is 12.6. The highest BCUT2D eigenvalue weighted by Gasteiger charge is 2.34. The summed E-state index contributed by atoms with van der Waals surface area (Å²) in [7, 11) is 4.18. The minimum absolute atomic E-state index is 0.0828. The first kappa shape index (κ1) is 15.9. The van der Waals surface area contributed by atoms with Crippen molar-refractivity contribution in [3.05, 3.63) is 18.3 Å². The van der Waals surface area contributed by atoms with E-state index in [4.69, 9.17) is 0 Å². The molecule has 0 unspecified atom stereocenters. The van der Waals surface area contributed by atoms with Crippen molar-refractivity contribution in [3.8, 4) is 5.75 Å². The van der Waals surface area contributed by atoms with Crippen LogP contribution in [0.3, 0.4) is 0 Å². The number of rotatable bonds is 7. The molecule has 1 fully saturated rings. The first-order valence-corrected chi connectivity index (χ1v) is 7.29. The van der Waals surface area contributed by atoms with Gasteiger partial charge in [-0.05, 0) is 39.1 Å². The summed E-state index contributed by atoms with van der Waals surface area (Å²) in [6, 6.07) is 3.19. The van der Waals surface area contributed by atoms with Gasteiger partial charge in [-0.25, -0.2) is 4.98 Å². The zero-order valence-electron chi connectivity index (χ0n) is 12.6. The van der Waals surface area contributed by atoms with E-state index in [9.17, 15) is 8.78 Å². The molecule has 2 rings (SSSR count). The Hall–Kier alpha value is -1.43. The van der Waals surface area contributed by atoms with E-state index in [1.54, 1.807) is 6.07 Å². The normalized spacial score (nSPS) is 17.4. The Morgan fingerprint density at radius 2 is 2.05 bits per heavy atom. The van der Waals surface area contributed by atoms with Gasteiger partial charge in [-0.2, -0.15) is 8.78 Å².